The summed E-state index contributed by atoms with van der Waals surface area (Å²) in [7, 11) is 1.63. The Balaban J connectivity index is 2.14. The lowest BCUT2D eigenvalue weighted by atomic mass is 10.1. The van der Waals surface area contributed by atoms with Gasteiger partial charge in [-0.1, -0.05) is 36.9 Å². The summed E-state index contributed by atoms with van der Waals surface area (Å²) in [6.07, 6.45) is 1.08. The van der Waals surface area contributed by atoms with Crippen LogP contribution < -0.4 is 9.47 Å². The SMILES string of the molecule is C=CCOCC(COc1ccc(OC)c2ccccc12)OC(=O)C(=C)C. The molecule has 0 amide bonds. The average molecular weight is 356 g/mol. The van der Waals surface area contributed by atoms with Gasteiger partial charge in [0, 0.05) is 16.3 Å². The van der Waals surface area contributed by atoms with Crippen LogP contribution in [0, 0.1) is 0 Å². The smallest absolute Gasteiger partial charge is 0.333 e. The van der Waals surface area contributed by atoms with Crippen LogP contribution in [0.4, 0.5) is 0 Å². The second kappa shape index (κ2) is 9.63. The molecule has 2 rings (SSSR count). The molecule has 0 saturated heterocycles. The van der Waals surface area contributed by atoms with E-state index in [9.17, 15) is 4.79 Å². The van der Waals surface area contributed by atoms with Crippen LogP contribution >= 0.6 is 0 Å². The van der Waals surface area contributed by atoms with E-state index in [-0.39, 0.29) is 13.2 Å². The van der Waals surface area contributed by atoms with Gasteiger partial charge in [0.05, 0.1) is 20.3 Å². The minimum Gasteiger partial charge on any atom is -0.496 e. The van der Waals surface area contributed by atoms with Gasteiger partial charge in [-0.15, -0.1) is 6.58 Å². The quantitative estimate of drug-likeness (QED) is 0.279. The molecule has 0 aliphatic heterocycles. The van der Waals surface area contributed by atoms with E-state index in [1.54, 1.807) is 20.1 Å². The third-order valence-corrected chi connectivity index (χ3v) is 3.65. The third-order valence-electron chi connectivity index (χ3n) is 3.65. The van der Waals surface area contributed by atoms with E-state index in [1.165, 1.54) is 0 Å². The Morgan fingerprint density at radius 3 is 2.38 bits per heavy atom. The number of hydrogen-bond donors (Lipinski definition) is 0. The average Bonchev–Trinajstić information content (AvgIpc) is 2.65. The zero-order valence-corrected chi connectivity index (χ0v) is 15.2. The van der Waals surface area contributed by atoms with E-state index in [2.05, 4.69) is 13.2 Å². The molecule has 5 nitrogen and oxygen atoms in total. The molecule has 1 unspecified atom stereocenters. The van der Waals surface area contributed by atoms with Crippen LogP contribution in [0.25, 0.3) is 10.8 Å². The maximum absolute atomic E-state index is 11.8. The summed E-state index contributed by atoms with van der Waals surface area (Å²) >= 11 is 0. The maximum Gasteiger partial charge on any atom is 0.333 e. The minimum absolute atomic E-state index is 0.159. The standard InChI is InChI=1S/C21H24O5/c1-5-12-24-13-16(26-21(22)15(2)3)14-25-20-11-10-19(23-4)17-8-6-7-9-18(17)20/h5-11,16H,1-2,12-14H2,3-4H3. The Kier molecular flexibility index (Phi) is 7.24. The summed E-state index contributed by atoms with van der Waals surface area (Å²) < 4.78 is 22.1. The van der Waals surface area contributed by atoms with E-state index in [4.69, 9.17) is 18.9 Å². The summed E-state index contributed by atoms with van der Waals surface area (Å²) in [4.78, 5) is 11.8. The molecule has 5 heteroatoms. The molecule has 0 saturated carbocycles. The van der Waals surface area contributed by atoms with Gasteiger partial charge >= 0.3 is 5.97 Å². The van der Waals surface area contributed by atoms with Gasteiger partial charge in [0.25, 0.3) is 0 Å². The van der Waals surface area contributed by atoms with Gasteiger partial charge in [-0.25, -0.2) is 4.79 Å². The van der Waals surface area contributed by atoms with Crippen molar-refractivity contribution in [3.63, 3.8) is 0 Å². The molecule has 26 heavy (non-hydrogen) atoms. The molecule has 2 aromatic carbocycles. The van der Waals surface area contributed by atoms with Crippen LogP contribution in [0.1, 0.15) is 6.92 Å². The summed E-state index contributed by atoms with van der Waals surface area (Å²) in [6.45, 7) is 9.53. The molecular formula is C21H24O5. The second-order valence-electron chi connectivity index (χ2n) is 5.76. The second-order valence-corrected chi connectivity index (χ2v) is 5.76. The van der Waals surface area contributed by atoms with Crippen molar-refractivity contribution < 1.29 is 23.7 Å². The van der Waals surface area contributed by atoms with Crippen molar-refractivity contribution in [3.05, 3.63) is 61.2 Å². The van der Waals surface area contributed by atoms with Crippen LogP contribution in [0.3, 0.4) is 0 Å². The van der Waals surface area contributed by atoms with E-state index in [0.29, 0.717) is 17.9 Å². The summed E-state index contributed by atoms with van der Waals surface area (Å²) in [5, 5.41) is 1.87. The molecule has 0 spiro atoms. The van der Waals surface area contributed by atoms with Crippen molar-refractivity contribution in [2.75, 3.05) is 26.9 Å². The molecule has 0 radical (unpaired) electrons. The first-order valence-electron chi connectivity index (χ1n) is 8.30. The molecule has 0 N–H and O–H groups in total. The number of ether oxygens (including phenoxy) is 4. The van der Waals surface area contributed by atoms with Gasteiger partial charge in [0.15, 0.2) is 6.10 Å². The summed E-state index contributed by atoms with van der Waals surface area (Å²) in [5.74, 6) is 0.981. The lowest BCUT2D eigenvalue weighted by Crippen LogP contribution is -2.30. The maximum atomic E-state index is 11.8. The predicted molar refractivity (Wildman–Crippen MR) is 102 cm³/mol. The van der Waals surface area contributed by atoms with Crippen LogP contribution in [0.5, 0.6) is 11.5 Å². The fourth-order valence-electron chi connectivity index (χ4n) is 2.38. The Bertz CT molecular complexity index is 781. The first kappa shape index (κ1) is 19.5. The highest BCUT2D eigenvalue weighted by atomic mass is 16.6. The number of methoxy groups -OCH3 is 1. The van der Waals surface area contributed by atoms with Gasteiger partial charge in [0.1, 0.15) is 18.1 Å². The Labute approximate surface area is 153 Å². The molecule has 0 bridgehead atoms. The van der Waals surface area contributed by atoms with Crippen molar-refractivity contribution >= 4 is 16.7 Å². The number of rotatable bonds is 10. The van der Waals surface area contributed by atoms with Crippen LogP contribution in [0.15, 0.2) is 61.2 Å². The van der Waals surface area contributed by atoms with E-state index in [0.717, 1.165) is 16.5 Å². The zero-order chi connectivity index (χ0) is 18.9. The molecule has 0 aliphatic carbocycles. The first-order chi connectivity index (χ1) is 12.6. The monoisotopic (exact) mass is 356 g/mol. The molecule has 0 aromatic heterocycles. The number of carbonyl (C=O) groups is 1. The highest BCUT2D eigenvalue weighted by molar-refractivity contribution is 5.93. The van der Waals surface area contributed by atoms with Crippen molar-refractivity contribution in [2.24, 2.45) is 0 Å². The Morgan fingerprint density at radius 2 is 1.77 bits per heavy atom. The lowest BCUT2D eigenvalue weighted by molar-refractivity contribution is -0.148. The van der Waals surface area contributed by atoms with Crippen molar-refractivity contribution in [1.29, 1.82) is 0 Å². The summed E-state index contributed by atoms with van der Waals surface area (Å²) in [6, 6.07) is 11.5. The van der Waals surface area contributed by atoms with Crippen LogP contribution in [0.2, 0.25) is 0 Å². The van der Waals surface area contributed by atoms with Crippen molar-refractivity contribution in [2.45, 2.75) is 13.0 Å². The molecular weight excluding hydrogens is 332 g/mol. The Morgan fingerprint density at radius 1 is 1.12 bits per heavy atom. The molecule has 1 atom stereocenters. The van der Waals surface area contributed by atoms with Gasteiger partial charge < -0.3 is 18.9 Å². The van der Waals surface area contributed by atoms with Crippen molar-refractivity contribution in [3.8, 4) is 11.5 Å². The largest absolute Gasteiger partial charge is 0.496 e. The van der Waals surface area contributed by atoms with Crippen LogP contribution in [-0.2, 0) is 14.3 Å². The number of carbonyl (C=O) groups excluding carboxylic acids is 1. The number of benzene rings is 2. The third kappa shape index (κ3) is 5.10. The molecule has 0 aliphatic rings. The normalized spacial score (nSPS) is 11.6. The number of hydrogen-bond acceptors (Lipinski definition) is 5. The zero-order valence-electron chi connectivity index (χ0n) is 15.2. The molecule has 0 fully saturated rings. The van der Waals surface area contributed by atoms with E-state index >= 15 is 0 Å². The minimum atomic E-state index is -0.556. The van der Waals surface area contributed by atoms with E-state index < -0.39 is 12.1 Å². The van der Waals surface area contributed by atoms with Crippen molar-refractivity contribution in [1.82, 2.24) is 0 Å². The highest BCUT2D eigenvalue weighted by Crippen LogP contribution is 2.32. The Hall–Kier alpha value is -2.79. The van der Waals surface area contributed by atoms with E-state index in [1.807, 2.05) is 36.4 Å². The first-order valence-corrected chi connectivity index (χ1v) is 8.30. The predicted octanol–water partition coefficient (Wildman–Crippen LogP) is 3.92. The summed E-state index contributed by atoms with van der Waals surface area (Å²) in [5.41, 5.74) is 0.327. The van der Waals surface area contributed by atoms with Gasteiger partial charge in [0.2, 0.25) is 0 Å². The molecule has 2 aromatic rings. The number of fused-ring (bicyclic) bond motifs is 1. The number of esters is 1. The topological polar surface area (TPSA) is 54.0 Å². The van der Waals surface area contributed by atoms with Gasteiger partial charge in [-0.05, 0) is 19.1 Å². The molecule has 0 heterocycles. The van der Waals surface area contributed by atoms with Gasteiger partial charge in [-0.2, -0.15) is 0 Å². The fourth-order valence-corrected chi connectivity index (χ4v) is 2.38. The highest BCUT2D eigenvalue weighted by Gasteiger charge is 2.17. The van der Waals surface area contributed by atoms with Crippen LogP contribution in [-0.4, -0.2) is 39.0 Å². The van der Waals surface area contributed by atoms with Gasteiger partial charge in [-0.3, -0.25) is 0 Å². The lowest BCUT2D eigenvalue weighted by Gasteiger charge is -2.19. The molecule has 138 valence electrons. The fraction of sp³-hybridized carbons (Fsp3) is 0.286.